The zero-order valence-corrected chi connectivity index (χ0v) is 15.3. The number of hydrogen-bond donors (Lipinski definition) is 0. The molecule has 0 aromatic carbocycles. The van der Waals surface area contributed by atoms with Gasteiger partial charge in [0.2, 0.25) is 0 Å². The van der Waals surface area contributed by atoms with Gasteiger partial charge in [-0.2, -0.15) is 0 Å². The molecule has 0 amide bonds. The molecule has 3 fully saturated rings. The van der Waals surface area contributed by atoms with Crippen molar-refractivity contribution >= 4 is 0 Å². The van der Waals surface area contributed by atoms with Gasteiger partial charge in [0.15, 0.2) is 0 Å². The van der Waals surface area contributed by atoms with Crippen molar-refractivity contribution in [2.45, 2.75) is 92.4 Å². The van der Waals surface area contributed by atoms with E-state index in [1.165, 1.54) is 57.8 Å². The molecule has 0 spiro atoms. The Morgan fingerprint density at radius 1 is 0.905 bits per heavy atom. The second kappa shape index (κ2) is 5.57. The van der Waals surface area contributed by atoms with Crippen LogP contribution in [0, 0.1) is 40.4 Å². The van der Waals surface area contributed by atoms with Gasteiger partial charge in [-0.3, -0.25) is 0 Å². The summed E-state index contributed by atoms with van der Waals surface area (Å²) in [5.74, 6) is 4.98. The first-order valence-electron chi connectivity index (χ1n) is 9.88. The van der Waals surface area contributed by atoms with E-state index in [-0.39, 0.29) is 0 Å². The number of hydrogen-bond acceptors (Lipinski definition) is 0. The third-order valence-electron chi connectivity index (χ3n) is 8.54. The highest BCUT2D eigenvalue weighted by atomic mass is 14.6. The van der Waals surface area contributed by atoms with E-state index in [0.717, 1.165) is 29.6 Å². The molecule has 0 N–H and O–H groups in total. The number of fused-ring (bicyclic) bond motifs is 3. The zero-order chi connectivity index (χ0) is 15.3. The molecule has 6 atom stereocenters. The van der Waals surface area contributed by atoms with Crippen LogP contribution < -0.4 is 0 Å². The van der Waals surface area contributed by atoms with E-state index in [1.54, 1.807) is 0 Å². The lowest BCUT2D eigenvalue weighted by Crippen LogP contribution is -2.48. The summed E-state index contributed by atoms with van der Waals surface area (Å²) in [6.45, 7) is 12.9. The van der Waals surface area contributed by atoms with Crippen LogP contribution in [0.3, 0.4) is 0 Å². The van der Waals surface area contributed by atoms with Crippen molar-refractivity contribution in [3.05, 3.63) is 0 Å². The molecule has 0 aromatic rings. The first-order valence-corrected chi connectivity index (χ1v) is 9.88. The molecule has 0 heteroatoms. The van der Waals surface area contributed by atoms with Gasteiger partial charge < -0.3 is 0 Å². The van der Waals surface area contributed by atoms with Gasteiger partial charge in [-0.15, -0.1) is 0 Å². The highest BCUT2D eigenvalue weighted by Crippen LogP contribution is 2.60. The Morgan fingerprint density at radius 3 is 2.38 bits per heavy atom. The van der Waals surface area contributed by atoms with Gasteiger partial charge in [0.25, 0.3) is 0 Å². The maximum Gasteiger partial charge on any atom is -0.0295 e. The molecule has 0 unspecified atom stereocenters. The lowest BCUT2D eigenvalue weighted by atomic mass is 9.48. The van der Waals surface area contributed by atoms with Gasteiger partial charge in [0, 0.05) is 0 Å². The van der Waals surface area contributed by atoms with Crippen molar-refractivity contribution in [3.63, 3.8) is 0 Å². The summed E-state index contributed by atoms with van der Waals surface area (Å²) in [5, 5.41) is 0. The minimum Gasteiger partial charge on any atom is -0.0651 e. The van der Waals surface area contributed by atoms with Crippen molar-refractivity contribution in [2.24, 2.45) is 40.4 Å². The predicted molar refractivity (Wildman–Crippen MR) is 92.2 cm³/mol. The average Bonchev–Trinajstić information content (AvgIpc) is 2.42. The second-order valence-electron chi connectivity index (χ2n) is 9.77. The summed E-state index contributed by atoms with van der Waals surface area (Å²) in [5.41, 5.74) is 1.26. The molecule has 0 heterocycles. The van der Waals surface area contributed by atoms with E-state index in [4.69, 9.17) is 0 Å². The van der Waals surface area contributed by atoms with Crippen LogP contribution in [0.5, 0.6) is 0 Å². The topological polar surface area (TPSA) is 0 Å². The molecule has 0 saturated heterocycles. The van der Waals surface area contributed by atoms with Crippen LogP contribution in [0.1, 0.15) is 92.4 Å². The smallest absolute Gasteiger partial charge is 0.0295 e. The molecule has 122 valence electrons. The van der Waals surface area contributed by atoms with Gasteiger partial charge in [-0.1, -0.05) is 53.9 Å². The standard InChI is InChI=1S/C21H38/c1-6-16-9-10-17-14-19-15(2)8-7-12-21(19,5)13-11-18(16)20(17,3)4/h15-19H,6-14H2,1-5H3/t15-,16-,17+,18+,19-,21+/m1/s1. The molecular formula is C21H38. The Bertz CT molecular complexity index is 368. The summed E-state index contributed by atoms with van der Waals surface area (Å²) in [6, 6.07) is 0. The van der Waals surface area contributed by atoms with Gasteiger partial charge in [0.1, 0.15) is 0 Å². The predicted octanol–water partition coefficient (Wildman–Crippen LogP) is 6.69. The van der Waals surface area contributed by atoms with E-state index in [0.29, 0.717) is 10.8 Å². The van der Waals surface area contributed by atoms with Crippen molar-refractivity contribution < 1.29 is 0 Å². The third kappa shape index (κ3) is 2.59. The minimum atomic E-state index is 0.595. The fourth-order valence-corrected chi connectivity index (χ4v) is 6.94. The molecular weight excluding hydrogens is 252 g/mol. The van der Waals surface area contributed by atoms with Crippen LogP contribution in [0.2, 0.25) is 0 Å². The van der Waals surface area contributed by atoms with E-state index in [9.17, 15) is 0 Å². The Hall–Kier alpha value is 0. The Balaban J connectivity index is 1.90. The minimum absolute atomic E-state index is 0.595. The zero-order valence-electron chi connectivity index (χ0n) is 15.3. The lowest BCUT2D eigenvalue weighted by molar-refractivity contribution is -0.0731. The molecule has 3 aliphatic rings. The normalized spacial score (nSPS) is 49.9. The third-order valence-corrected chi connectivity index (χ3v) is 8.54. The van der Waals surface area contributed by atoms with Crippen LogP contribution in [0.15, 0.2) is 0 Å². The SMILES string of the molecule is CC[C@@H]1CC[C@H]2C[C@@H]3[C@H](C)CCC[C@@]3(C)CC[C@@H]1C2(C)C. The molecule has 21 heavy (non-hydrogen) atoms. The molecule has 0 nitrogen and oxygen atoms in total. The molecule has 0 radical (unpaired) electrons. The maximum absolute atomic E-state index is 2.66. The molecule has 2 bridgehead atoms. The first-order chi connectivity index (χ1) is 9.88. The van der Waals surface area contributed by atoms with Gasteiger partial charge >= 0.3 is 0 Å². The lowest BCUT2D eigenvalue weighted by Gasteiger charge is -2.57. The highest BCUT2D eigenvalue weighted by Gasteiger charge is 2.51. The van der Waals surface area contributed by atoms with Gasteiger partial charge in [-0.05, 0) is 78.9 Å². The fourth-order valence-electron chi connectivity index (χ4n) is 6.94. The molecule has 0 aliphatic heterocycles. The van der Waals surface area contributed by atoms with Crippen LogP contribution >= 0.6 is 0 Å². The molecule has 3 rings (SSSR count). The average molecular weight is 291 g/mol. The van der Waals surface area contributed by atoms with E-state index in [1.807, 2.05) is 0 Å². The number of rotatable bonds is 1. The molecule has 0 aromatic heterocycles. The molecule has 3 saturated carbocycles. The largest absolute Gasteiger partial charge is 0.0651 e. The van der Waals surface area contributed by atoms with Gasteiger partial charge in [-0.25, -0.2) is 0 Å². The Labute approximate surface area is 133 Å². The summed E-state index contributed by atoms with van der Waals surface area (Å²) in [7, 11) is 0. The second-order valence-corrected chi connectivity index (χ2v) is 9.77. The van der Waals surface area contributed by atoms with Crippen LogP contribution in [0.4, 0.5) is 0 Å². The maximum atomic E-state index is 2.66. The van der Waals surface area contributed by atoms with E-state index in [2.05, 4.69) is 34.6 Å². The Kier molecular flexibility index (Phi) is 4.21. The van der Waals surface area contributed by atoms with Crippen molar-refractivity contribution in [1.82, 2.24) is 0 Å². The van der Waals surface area contributed by atoms with Crippen LogP contribution in [-0.2, 0) is 0 Å². The van der Waals surface area contributed by atoms with Gasteiger partial charge in [0.05, 0.1) is 0 Å². The van der Waals surface area contributed by atoms with Crippen LogP contribution in [0.25, 0.3) is 0 Å². The highest BCUT2D eigenvalue weighted by molar-refractivity contribution is 5.01. The van der Waals surface area contributed by atoms with Crippen molar-refractivity contribution in [3.8, 4) is 0 Å². The first kappa shape index (κ1) is 15.9. The Morgan fingerprint density at radius 2 is 1.67 bits per heavy atom. The summed E-state index contributed by atoms with van der Waals surface area (Å²) in [4.78, 5) is 0. The fraction of sp³-hybridized carbons (Fsp3) is 1.00. The quantitative estimate of drug-likeness (QED) is 0.504. The summed E-state index contributed by atoms with van der Waals surface area (Å²) < 4.78 is 0. The summed E-state index contributed by atoms with van der Waals surface area (Å²) >= 11 is 0. The van der Waals surface area contributed by atoms with Crippen LogP contribution in [-0.4, -0.2) is 0 Å². The van der Waals surface area contributed by atoms with E-state index >= 15 is 0 Å². The van der Waals surface area contributed by atoms with E-state index < -0.39 is 0 Å². The monoisotopic (exact) mass is 290 g/mol. The van der Waals surface area contributed by atoms with Crippen molar-refractivity contribution in [1.29, 1.82) is 0 Å². The molecule has 3 aliphatic carbocycles. The summed E-state index contributed by atoms with van der Waals surface area (Å²) in [6.07, 6.45) is 13.5. The van der Waals surface area contributed by atoms with Crippen molar-refractivity contribution in [2.75, 3.05) is 0 Å².